The SMILES string of the molecule is COCCNc1cc(O)c2c(c1)/C=C/C[C@H](O)[C@@H](O)C(=O)/C=C/[C@@H](C)[C@H](C)OC2=O. The van der Waals surface area contributed by atoms with Crippen LogP contribution in [0.3, 0.4) is 0 Å². The number of aromatic hydroxyl groups is 1. The molecule has 4 atom stereocenters. The number of phenols is 1. The Balaban J connectivity index is 2.44. The summed E-state index contributed by atoms with van der Waals surface area (Å²) in [7, 11) is 1.57. The third kappa shape index (κ3) is 6.16. The zero-order chi connectivity index (χ0) is 22.3. The number of aliphatic hydroxyl groups is 2. The number of carbonyl (C=O) groups is 2. The zero-order valence-corrected chi connectivity index (χ0v) is 17.4. The molecule has 0 aliphatic carbocycles. The summed E-state index contributed by atoms with van der Waals surface area (Å²) in [5.41, 5.74) is 0.942. The molecule has 8 nitrogen and oxygen atoms in total. The molecule has 1 aliphatic rings. The van der Waals surface area contributed by atoms with Crippen LogP contribution >= 0.6 is 0 Å². The largest absolute Gasteiger partial charge is 0.507 e. The van der Waals surface area contributed by atoms with Crippen LogP contribution in [0.15, 0.2) is 30.4 Å². The molecular weight excluding hydrogens is 390 g/mol. The van der Waals surface area contributed by atoms with E-state index in [1.54, 1.807) is 27.0 Å². The van der Waals surface area contributed by atoms with Crippen molar-refractivity contribution in [2.45, 2.75) is 38.6 Å². The van der Waals surface area contributed by atoms with Gasteiger partial charge in [0.05, 0.1) is 12.7 Å². The number of phenolic OH excluding ortho intramolecular Hbond substituents is 1. The molecule has 0 amide bonds. The van der Waals surface area contributed by atoms with E-state index in [1.807, 2.05) is 0 Å². The number of aliphatic hydroxyl groups excluding tert-OH is 2. The number of esters is 1. The number of ether oxygens (including phenoxy) is 2. The number of hydrogen-bond acceptors (Lipinski definition) is 8. The molecule has 0 fully saturated rings. The Morgan fingerprint density at radius 1 is 1.20 bits per heavy atom. The van der Waals surface area contributed by atoms with Crippen molar-refractivity contribution >= 4 is 23.5 Å². The smallest absolute Gasteiger partial charge is 0.342 e. The Labute approximate surface area is 175 Å². The van der Waals surface area contributed by atoms with Gasteiger partial charge in [0.2, 0.25) is 0 Å². The summed E-state index contributed by atoms with van der Waals surface area (Å²) in [5, 5.41) is 33.7. The van der Waals surface area contributed by atoms with Crippen LogP contribution in [0.2, 0.25) is 0 Å². The number of nitrogens with one attached hydrogen (secondary N) is 1. The molecule has 0 radical (unpaired) electrons. The molecule has 0 saturated heterocycles. The minimum atomic E-state index is -1.56. The molecule has 0 bridgehead atoms. The maximum absolute atomic E-state index is 12.8. The maximum Gasteiger partial charge on any atom is 0.342 e. The lowest BCUT2D eigenvalue weighted by Gasteiger charge is -2.20. The van der Waals surface area contributed by atoms with Gasteiger partial charge in [-0.3, -0.25) is 4.79 Å². The van der Waals surface area contributed by atoms with Gasteiger partial charge in [-0.05, 0) is 31.1 Å². The van der Waals surface area contributed by atoms with Crippen molar-refractivity contribution in [3.63, 3.8) is 0 Å². The Morgan fingerprint density at radius 2 is 1.93 bits per heavy atom. The highest BCUT2D eigenvalue weighted by Gasteiger charge is 2.25. The minimum absolute atomic E-state index is 0.00487. The summed E-state index contributed by atoms with van der Waals surface area (Å²) >= 11 is 0. The summed E-state index contributed by atoms with van der Waals surface area (Å²) in [6.45, 7) is 4.37. The average molecular weight is 419 g/mol. The number of cyclic esters (lactones) is 1. The number of fused-ring (bicyclic) bond motifs is 1. The third-order valence-electron chi connectivity index (χ3n) is 4.92. The number of methoxy groups -OCH3 is 1. The third-order valence-corrected chi connectivity index (χ3v) is 4.92. The number of carbonyl (C=O) groups excluding carboxylic acids is 2. The summed E-state index contributed by atoms with van der Waals surface area (Å²) in [6, 6.07) is 3.09. The number of anilines is 1. The van der Waals surface area contributed by atoms with Crippen molar-refractivity contribution in [1.82, 2.24) is 0 Å². The fourth-order valence-corrected chi connectivity index (χ4v) is 2.89. The zero-order valence-electron chi connectivity index (χ0n) is 17.4. The first kappa shape index (κ1) is 23.6. The molecule has 30 heavy (non-hydrogen) atoms. The van der Waals surface area contributed by atoms with Crippen molar-refractivity contribution < 1.29 is 34.4 Å². The van der Waals surface area contributed by atoms with E-state index in [1.165, 1.54) is 30.4 Å². The van der Waals surface area contributed by atoms with Crippen molar-refractivity contribution in [2.75, 3.05) is 25.6 Å². The Morgan fingerprint density at radius 3 is 2.63 bits per heavy atom. The Hall–Kier alpha value is -2.68. The molecule has 0 aromatic heterocycles. The van der Waals surface area contributed by atoms with Crippen LogP contribution in [-0.2, 0) is 14.3 Å². The molecule has 4 N–H and O–H groups in total. The normalized spacial score (nSPS) is 27.5. The molecule has 164 valence electrons. The van der Waals surface area contributed by atoms with Crippen LogP contribution in [0.25, 0.3) is 6.08 Å². The molecule has 1 aromatic rings. The molecule has 0 spiro atoms. The first-order chi connectivity index (χ1) is 14.2. The Bertz CT molecular complexity index is 818. The van der Waals surface area contributed by atoms with Gasteiger partial charge in [0.15, 0.2) is 5.78 Å². The number of hydrogen-bond donors (Lipinski definition) is 4. The highest BCUT2D eigenvalue weighted by atomic mass is 16.5. The number of rotatable bonds is 4. The summed E-state index contributed by atoms with van der Waals surface area (Å²) in [6.07, 6.45) is 2.27. The quantitative estimate of drug-likeness (QED) is 0.431. The van der Waals surface area contributed by atoms with E-state index in [4.69, 9.17) is 9.47 Å². The minimum Gasteiger partial charge on any atom is -0.507 e. The molecule has 0 saturated carbocycles. The van der Waals surface area contributed by atoms with Crippen molar-refractivity contribution in [2.24, 2.45) is 5.92 Å². The van der Waals surface area contributed by atoms with E-state index < -0.39 is 30.1 Å². The topological polar surface area (TPSA) is 125 Å². The second kappa shape index (κ2) is 10.9. The monoisotopic (exact) mass is 419 g/mol. The first-order valence-electron chi connectivity index (χ1n) is 9.80. The van der Waals surface area contributed by atoms with E-state index >= 15 is 0 Å². The van der Waals surface area contributed by atoms with Crippen LogP contribution in [-0.4, -0.2) is 65.6 Å². The number of ketones is 1. The van der Waals surface area contributed by atoms with Gasteiger partial charge < -0.3 is 30.1 Å². The molecular formula is C22H29NO7. The first-order valence-corrected chi connectivity index (χ1v) is 9.80. The molecule has 1 aliphatic heterocycles. The van der Waals surface area contributed by atoms with Crippen LogP contribution in [0.1, 0.15) is 36.2 Å². The lowest BCUT2D eigenvalue weighted by Crippen LogP contribution is -2.32. The molecule has 1 aromatic carbocycles. The van der Waals surface area contributed by atoms with Crippen molar-refractivity contribution in [3.05, 3.63) is 41.5 Å². The average Bonchev–Trinajstić information content (AvgIpc) is 2.70. The van der Waals surface area contributed by atoms with Gasteiger partial charge in [0, 0.05) is 31.3 Å². The summed E-state index contributed by atoms with van der Waals surface area (Å²) < 4.78 is 10.5. The highest BCUT2D eigenvalue weighted by Crippen LogP contribution is 2.29. The van der Waals surface area contributed by atoms with E-state index in [9.17, 15) is 24.9 Å². The standard InChI is InChI=1S/C22H29NO7/c1-13-7-8-18(25)21(27)17(24)6-4-5-15-11-16(23-9-10-29-3)12-19(26)20(15)22(28)30-14(13)2/h4-5,7-8,11-14,17,21,23-24,26-27H,6,9-10H2,1-3H3/b5-4+,8-7+/t13-,14+,17+,21-/m1/s1. The molecule has 2 rings (SSSR count). The van der Waals surface area contributed by atoms with E-state index in [-0.39, 0.29) is 23.7 Å². The lowest BCUT2D eigenvalue weighted by molar-refractivity contribution is -0.127. The molecule has 1 heterocycles. The van der Waals surface area contributed by atoms with Gasteiger partial charge in [-0.15, -0.1) is 0 Å². The van der Waals surface area contributed by atoms with E-state index in [0.717, 1.165) is 0 Å². The van der Waals surface area contributed by atoms with Gasteiger partial charge >= 0.3 is 5.97 Å². The maximum atomic E-state index is 12.8. The lowest BCUT2D eigenvalue weighted by atomic mass is 9.99. The fourth-order valence-electron chi connectivity index (χ4n) is 2.89. The van der Waals surface area contributed by atoms with Crippen LogP contribution in [0, 0.1) is 5.92 Å². The predicted molar refractivity (Wildman–Crippen MR) is 112 cm³/mol. The number of benzene rings is 1. The second-order valence-corrected chi connectivity index (χ2v) is 7.26. The van der Waals surface area contributed by atoms with Crippen LogP contribution in [0.4, 0.5) is 5.69 Å². The van der Waals surface area contributed by atoms with Gasteiger partial charge in [-0.25, -0.2) is 4.79 Å². The summed E-state index contributed by atoms with van der Waals surface area (Å²) in [5.74, 6) is -1.91. The van der Waals surface area contributed by atoms with Gasteiger partial charge in [-0.1, -0.05) is 25.2 Å². The van der Waals surface area contributed by atoms with Crippen LogP contribution in [0.5, 0.6) is 5.75 Å². The predicted octanol–water partition coefficient (Wildman–Crippen LogP) is 1.90. The van der Waals surface area contributed by atoms with E-state index in [0.29, 0.717) is 24.4 Å². The molecule has 8 heteroatoms. The van der Waals surface area contributed by atoms with Gasteiger partial charge in [-0.2, -0.15) is 0 Å². The van der Waals surface area contributed by atoms with Gasteiger partial charge in [0.1, 0.15) is 23.5 Å². The van der Waals surface area contributed by atoms with Crippen LogP contribution < -0.4 is 5.32 Å². The van der Waals surface area contributed by atoms with Gasteiger partial charge in [0.25, 0.3) is 0 Å². The Kier molecular flexibility index (Phi) is 8.58. The second-order valence-electron chi connectivity index (χ2n) is 7.26. The highest BCUT2D eigenvalue weighted by molar-refractivity contribution is 5.97. The van der Waals surface area contributed by atoms with Crippen molar-refractivity contribution in [1.29, 1.82) is 0 Å². The van der Waals surface area contributed by atoms with Crippen molar-refractivity contribution in [3.8, 4) is 5.75 Å². The summed E-state index contributed by atoms with van der Waals surface area (Å²) in [4.78, 5) is 24.8. The van der Waals surface area contributed by atoms with E-state index in [2.05, 4.69) is 5.32 Å². The molecule has 0 unspecified atom stereocenters. The fraction of sp³-hybridized carbons (Fsp3) is 0.455.